The van der Waals surface area contributed by atoms with Gasteiger partial charge in [0, 0.05) is 6.54 Å². The lowest BCUT2D eigenvalue weighted by molar-refractivity contribution is -0.142. The Morgan fingerprint density at radius 1 is 1.16 bits per heavy atom. The van der Waals surface area contributed by atoms with E-state index in [9.17, 15) is 22.8 Å². The summed E-state index contributed by atoms with van der Waals surface area (Å²) in [5, 5.41) is 2.61. The standard InChI is InChI=1S/C21H20F3N3O4/c1-3-31-17-10-13(8-9-16(17)30-2)11-25-18(28)12-27-15-7-5-4-6-14(15)26-19(20(27)29)21(22,23)24/h4-10H,3,11-12H2,1-2H3,(H,25,28). The number of fused-ring (bicyclic) bond motifs is 1. The number of carbonyl (C=O) groups excluding carboxylic acids is 1. The second-order valence-electron chi connectivity index (χ2n) is 6.53. The third-order valence-electron chi connectivity index (χ3n) is 4.44. The number of alkyl halides is 3. The molecule has 1 N–H and O–H groups in total. The number of ether oxygens (including phenoxy) is 2. The van der Waals surface area contributed by atoms with Crippen molar-refractivity contribution < 1.29 is 27.4 Å². The first-order valence-electron chi connectivity index (χ1n) is 9.37. The molecule has 3 rings (SSSR count). The lowest BCUT2D eigenvalue weighted by Crippen LogP contribution is -2.36. The normalized spacial score (nSPS) is 11.4. The van der Waals surface area contributed by atoms with Crippen molar-refractivity contribution in [2.45, 2.75) is 26.2 Å². The van der Waals surface area contributed by atoms with Crippen molar-refractivity contribution in [3.8, 4) is 11.5 Å². The van der Waals surface area contributed by atoms with Gasteiger partial charge in [-0.3, -0.25) is 14.2 Å². The highest BCUT2D eigenvalue weighted by Gasteiger charge is 2.37. The Hall–Kier alpha value is -3.56. The summed E-state index contributed by atoms with van der Waals surface area (Å²) >= 11 is 0. The Kier molecular flexibility index (Phi) is 6.47. The lowest BCUT2D eigenvalue weighted by Gasteiger charge is -2.14. The first-order chi connectivity index (χ1) is 14.7. The quantitative estimate of drug-likeness (QED) is 0.617. The van der Waals surface area contributed by atoms with Crippen molar-refractivity contribution in [1.82, 2.24) is 14.9 Å². The average Bonchev–Trinajstić information content (AvgIpc) is 2.73. The van der Waals surface area contributed by atoms with Crippen molar-refractivity contribution in [3.05, 3.63) is 64.1 Å². The van der Waals surface area contributed by atoms with E-state index in [-0.39, 0.29) is 17.6 Å². The first-order valence-corrected chi connectivity index (χ1v) is 9.37. The van der Waals surface area contributed by atoms with Crippen molar-refractivity contribution in [1.29, 1.82) is 0 Å². The van der Waals surface area contributed by atoms with Gasteiger partial charge in [0.1, 0.15) is 6.54 Å². The molecule has 0 unspecified atom stereocenters. The fraction of sp³-hybridized carbons (Fsp3) is 0.286. The predicted molar refractivity (Wildman–Crippen MR) is 107 cm³/mol. The van der Waals surface area contributed by atoms with Gasteiger partial charge in [0.25, 0.3) is 5.56 Å². The number of rotatable bonds is 7. The highest BCUT2D eigenvalue weighted by molar-refractivity contribution is 5.80. The van der Waals surface area contributed by atoms with E-state index in [1.54, 1.807) is 24.3 Å². The van der Waals surface area contributed by atoms with Crippen molar-refractivity contribution in [2.75, 3.05) is 13.7 Å². The Balaban J connectivity index is 1.83. The Morgan fingerprint density at radius 2 is 1.90 bits per heavy atom. The van der Waals surface area contributed by atoms with Crippen LogP contribution in [-0.2, 0) is 24.1 Å². The molecule has 2 aromatic carbocycles. The number of benzene rings is 2. The zero-order valence-corrected chi connectivity index (χ0v) is 16.8. The van der Waals surface area contributed by atoms with Gasteiger partial charge >= 0.3 is 6.18 Å². The Bertz CT molecular complexity index is 1160. The number of hydrogen-bond acceptors (Lipinski definition) is 5. The van der Waals surface area contributed by atoms with E-state index in [1.807, 2.05) is 6.92 Å². The van der Waals surface area contributed by atoms with Crippen LogP contribution in [0.3, 0.4) is 0 Å². The molecule has 0 radical (unpaired) electrons. The van der Waals surface area contributed by atoms with E-state index >= 15 is 0 Å². The summed E-state index contributed by atoms with van der Waals surface area (Å²) in [6.45, 7) is 1.75. The van der Waals surface area contributed by atoms with Crippen molar-refractivity contribution >= 4 is 16.9 Å². The maximum absolute atomic E-state index is 13.2. The van der Waals surface area contributed by atoms with Crippen LogP contribution in [0.4, 0.5) is 13.2 Å². The van der Waals surface area contributed by atoms with Gasteiger partial charge in [-0.2, -0.15) is 13.2 Å². The van der Waals surface area contributed by atoms with Crippen LogP contribution in [0, 0.1) is 0 Å². The van der Waals surface area contributed by atoms with Gasteiger partial charge in [-0.15, -0.1) is 0 Å². The summed E-state index contributed by atoms with van der Waals surface area (Å²) in [5.74, 6) is 0.412. The molecule has 1 amide bonds. The van der Waals surface area contributed by atoms with E-state index in [1.165, 1.54) is 25.3 Å². The molecule has 0 aliphatic rings. The predicted octanol–water partition coefficient (Wildman–Crippen LogP) is 3.14. The number of para-hydroxylation sites is 2. The molecule has 31 heavy (non-hydrogen) atoms. The van der Waals surface area contributed by atoms with Crippen LogP contribution >= 0.6 is 0 Å². The topological polar surface area (TPSA) is 82.5 Å². The summed E-state index contributed by atoms with van der Waals surface area (Å²) in [6, 6.07) is 10.9. The second-order valence-corrected chi connectivity index (χ2v) is 6.53. The molecule has 0 aliphatic carbocycles. The van der Waals surface area contributed by atoms with Crippen LogP contribution in [0.1, 0.15) is 18.2 Å². The molecule has 0 saturated heterocycles. The molecule has 0 spiro atoms. The van der Waals surface area contributed by atoms with E-state index in [0.29, 0.717) is 23.7 Å². The molecule has 1 heterocycles. The summed E-state index contributed by atoms with van der Waals surface area (Å²) < 4.78 is 51.1. The number of nitrogens with one attached hydrogen (secondary N) is 1. The van der Waals surface area contributed by atoms with E-state index in [0.717, 1.165) is 4.57 Å². The minimum Gasteiger partial charge on any atom is -0.493 e. The molecule has 0 bridgehead atoms. The highest BCUT2D eigenvalue weighted by Crippen LogP contribution is 2.28. The van der Waals surface area contributed by atoms with Crippen LogP contribution in [0.2, 0.25) is 0 Å². The van der Waals surface area contributed by atoms with Crippen LogP contribution in [0.15, 0.2) is 47.3 Å². The van der Waals surface area contributed by atoms with Crippen molar-refractivity contribution in [3.63, 3.8) is 0 Å². The zero-order chi connectivity index (χ0) is 22.6. The third-order valence-corrected chi connectivity index (χ3v) is 4.44. The second kappa shape index (κ2) is 9.07. The SMILES string of the molecule is CCOc1cc(CNC(=O)Cn2c(=O)c(C(F)(F)F)nc3ccccc32)ccc1OC. The Labute approximate surface area is 175 Å². The fourth-order valence-corrected chi connectivity index (χ4v) is 3.03. The van der Waals surface area contributed by atoms with Crippen LogP contribution in [0.25, 0.3) is 11.0 Å². The summed E-state index contributed by atoms with van der Waals surface area (Å²) in [7, 11) is 1.51. The van der Waals surface area contributed by atoms with Gasteiger partial charge in [0.2, 0.25) is 11.6 Å². The maximum Gasteiger partial charge on any atom is 0.438 e. The smallest absolute Gasteiger partial charge is 0.438 e. The molecule has 7 nitrogen and oxygen atoms in total. The van der Waals surface area contributed by atoms with Gasteiger partial charge in [-0.1, -0.05) is 18.2 Å². The molecule has 0 saturated carbocycles. The number of carbonyl (C=O) groups is 1. The van der Waals surface area contributed by atoms with E-state index < -0.39 is 29.9 Å². The molecule has 0 fully saturated rings. The zero-order valence-electron chi connectivity index (χ0n) is 16.8. The van der Waals surface area contributed by atoms with Gasteiger partial charge in [0.15, 0.2) is 11.5 Å². The minimum absolute atomic E-state index is 0.0289. The van der Waals surface area contributed by atoms with E-state index in [2.05, 4.69) is 10.3 Å². The monoisotopic (exact) mass is 435 g/mol. The number of aromatic nitrogens is 2. The van der Waals surface area contributed by atoms with Crippen LogP contribution in [0.5, 0.6) is 11.5 Å². The van der Waals surface area contributed by atoms with Gasteiger partial charge in [0.05, 0.1) is 24.8 Å². The number of hydrogen-bond donors (Lipinski definition) is 1. The summed E-state index contributed by atoms with van der Waals surface area (Å²) in [4.78, 5) is 28.3. The Morgan fingerprint density at radius 3 is 2.58 bits per heavy atom. The average molecular weight is 435 g/mol. The molecular weight excluding hydrogens is 415 g/mol. The largest absolute Gasteiger partial charge is 0.493 e. The van der Waals surface area contributed by atoms with Gasteiger partial charge < -0.3 is 14.8 Å². The minimum atomic E-state index is -4.93. The molecule has 10 heteroatoms. The lowest BCUT2D eigenvalue weighted by atomic mass is 10.2. The number of nitrogens with zero attached hydrogens (tertiary/aromatic N) is 2. The molecular formula is C21H20F3N3O4. The van der Waals surface area contributed by atoms with Crippen molar-refractivity contribution in [2.24, 2.45) is 0 Å². The van der Waals surface area contributed by atoms with Gasteiger partial charge in [-0.25, -0.2) is 4.98 Å². The molecule has 3 aromatic rings. The summed E-state index contributed by atoms with van der Waals surface area (Å²) in [5.41, 5.74) is -2.13. The number of halogens is 3. The molecule has 0 atom stereocenters. The molecule has 1 aromatic heterocycles. The van der Waals surface area contributed by atoms with Gasteiger partial charge in [-0.05, 0) is 36.8 Å². The number of amides is 1. The maximum atomic E-state index is 13.2. The highest BCUT2D eigenvalue weighted by atomic mass is 19.4. The molecule has 0 aliphatic heterocycles. The fourth-order valence-electron chi connectivity index (χ4n) is 3.03. The summed E-state index contributed by atoms with van der Waals surface area (Å²) in [6.07, 6.45) is -4.93. The van der Waals surface area contributed by atoms with Crippen LogP contribution in [-0.4, -0.2) is 29.2 Å². The van der Waals surface area contributed by atoms with E-state index in [4.69, 9.17) is 9.47 Å². The third kappa shape index (κ3) is 4.96. The molecule has 164 valence electrons. The van der Waals surface area contributed by atoms with Crippen LogP contribution < -0.4 is 20.3 Å². The first kappa shape index (κ1) is 22.1. The number of methoxy groups -OCH3 is 1.